The molecule has 0 bridgehead atoms. The lowest BCUT2D eigenvalue weighted by atomic mass is 9.93. The number of carbonyl (C=O) groups is 1. The van der Waals surface area contributed by atoms with E-state index in [9.17, 15) is 4.79 Å². The van der Waals surface area contributed by atoms with Crippen LogP contribution >= 0.6 is 0 Å². The van der Waals surface area contributed by atoms with Gasteiger partial charge in [0.05, 0.1) is 12.5 Å². The van der Waals surface area contributed by atoms with E-state index in [1.54, 1.807) is 12.5 Å². The number of hydrogen-bond acceptors (Lipinski definition) is 3. The second kappa shape index (κ2) is 5.48. The Balaban J connectivity index is 1.66. The van der Waals surface area contributed by atoms with Gasteiger partial charge in [-0.15, -0.1) is 0 Å². The lowest BCUT2D eigenvalue weighted by Crippen LogP contribution is -2.40. The van der Waals surface area contributed by atoms with Crippen molar-refractivity contribution in [2.24, 2.45) is 0 Å². The van der Waals surface area contributed by atoms with Crippen molar-refractivity contribution in [3.8, 4) is 0 Å². The predicted molar refractivity (Wildman–Crippen MR) is 74.1 cm³/mol. The highest BCUT2D eigenvalue weighted by atomic mass is 16.2. The summed E-state index contributed by atoms with van der Waals surface area (Å²) in [6, 6.07) is 0. The molecule has 1 aliphatic heterocycles. The zero-order valence-corrected chi connectivity index (χ0v) is 11.6. The number of aromatic amines is 1. The van der Waals surface area contributed by atoms with E-state index in [0.29, 0.717) is 12.5 Å². The number of imidazole rings is 1. The zero-order chi connectivity index (χ0) is 13.9. The summed E-state index contributed by atoms with van der Waals surface area (Å²) in [7, 11) is 0. The first-order chi connectivity index (χ1) is 9.74. The molecule has 1 amide bonds. The molecule has 2 aromatic rings. The molecule has 0 aromatic carbocycles. The van der Waals surface area contributed by atoms with Gasteiger partial charge in [0.15, 0.2) is 0 Å². The first-order valence-corrected chi connectivity index (χ1v) is 6.97. The maximum absolute atomic E-state index is 12.3. The maximum Gasteiger partial charge on any atom is 0.242 e. The molecule has 0 unspecified atom stereocenters. The number of carbonyl (C=O) groups excluding carboxylic acids is 1. The molecule has 6 heteroatoms. The van der Waals surface area contributed by atoms with Gasteiger partial charge >= 0.3 is 0 Å². The summed E-state index contributed by atoms with van der Waals surface area (Å²) in [4.78, 5) is 18.2. The van der Waals surface area contributed by atoms with E-state index in [1.165, 1.54) is 11.3 Å². The van der Waals surface area contributed by atoms with Crippen molar-refractivity contribution in [3.63, 3.8) is 0 Å². The van der Waals surface area contributed by atoms with Gasteiger partial charge in [-0.05, 0) is 25.3 Å². The van der Waals surface area contributed by atoms with Gasteiger partial charge in [-0.1, -0.05) is 0 Å². The molecule has 1 fully saturated rings. The number of piperidine rings is 1. The summed E-state index contributed by atoms with van der Waals surface area (Å²) in [5.74, 6) is 0.530. The van der Waals surface area contributed by atoms with Crippen LogP contribution in [0.3, 0.4) is 0 Å². The van der Waals surface area contributed by atoms with Crippen LogP contribution in [0.25, 0.3) is 0 Å². The lowest BCUT2D eigenvalue weighted by molar-refractivity contribution is -0.133. The predicted octanol–water partition coefficient (Wildman–Crippen LogP) is 1.32. The monoisotopic (exact) mass is 273 g/mol. The van der Waals surface area contributed by atoms with Gasteiger partial charge in [-0.25, -0.2) is 4.98 Å². The number of hydrogen-bond donors (Lipinski definition) is 1. The van der Waals surface area contributed by atoms with E-state index in [1.807, 2.05) is 21.9 Å². The fraction of sp³-hybridized carbons (Fsp3) is 0.500. The summed E-state index contributed by atoms with van der Waals surface area (Å²) in [5, 5.41) is 7.16. The molecule has 0 radical (unpaired) electrons. The Morgan fingerprint density at radius 3 is 3.15 bits per heavy atom. The molecule has 6 nitrogen and oxygen atoms in total. The van der Waals surface area contributed by atoms with Crippen LogP contribution in [0.1, 0.15) is 30.0 Å². The molecule has 1 saturated heterocycles. The number of likely N-dealkylation sites (tertiary alicyclic amines) is 1. The number of rotatable bonds is 3. The molecule has 106 valence electrons. The number of nitrogens with zero attached hydrogens (tertiary/aromatic N) is 4. The summed E-state index contributed by atoms with van der Waals surface area (Å²) < 4.78 is 1.81. The van der Waals surface area contributed by atoms with Crippen LogP contribution in [-0.2, 0) is 11.3 Å². The van der Waals surface area contributed by atoms with Gasteiger partial charge in [0.1, 0.15) is 6.54 Å². The van der Waals surface area contributed by atoms with E-state index < -0.39 is 0 Å². The van der Waals surface area contributed by atoms with Crippen LogP contribution in [0, 0.1) is 6.92 Å². The number of H-pyrrole nitrogens is 1. The molecule has 20 heavy (non-hydrogen) atoms. The summed E-state index contributed by atoms with van der Waals surface area (Å²) >= 11 is 0. The van der Waals surface area contributed by atoms with Gasteiger partial charge in [0.25, 0.3) is 0 Å². The third-order valence-corrected chi connectivity index (χ3v) is 3.93. The Kier molecular flexibility index (Phi) is 3.54. The Morgan fingerprint density at radius 2 is 2.45 bits per heavy atom. The van der Waals surface area contributed by atoms with Crippen LogP contribution in [-0.4, -0.2) is 43.6 Å². The van der Waals surface area contributed by atoms with Crippen molar-refractivity contribution in [1.29, 1.82) is 0 Å². The van der Waals surface area contributed by atoms with Crippen LogP contribution < -0.4 is 0 Å². The van der Waals surface area contributed by atoms with Crippen molar-refractivity contribution in [1.82, 2.24) is 24.6 Å². The third-order valence-electron chi connectivity index (χ3n) is 3.93. The standard InChI is InChI=1S/C14H19N5O/c1-11-7-16-17-14(11)12-3-2-5-19(8-12)13(20)9-18-6-4-15-10-18/h4,6-7,10,12H,2-3,5,8-9H2,1H3,(H,16,17)/t12-/m0/s1. The first-order valence-electron chi connectivity index (χ1n) is 6.97. The van der Waals surface area contributed by atoms with E-state index in [-0.39, 0.29) is 5.91 Å². The minimum absolute atomic E-state index is 0.157. The van der Waals surface area contributed by atoms with E-state index in [2.05, 4.69) is 22.1 Å². The summed E-state index contributed by atoms with van der Waals surface area (Å²) in [6.07, 6.45) is 9.19. The summed E-state index contributed by atoms with van der Waals surface area (Å²) in [6.45, 7) is 4.05. The fourth-order valence-corrected chi connectivity index (χ4v) is 2.85. The molecule has 0 spiro atoms. The second-order valence-corrected chi connectivity index (χ2v) is 5.38. The largest absolute Gasteiger partial charge is 0.340 e. The second-order valence-electron chi connectivity index (χ2n) is 5.38. The minimum atomic E-state index is 0.157. The maximum atomic E-state index is 12.3. The van der Waals surface area contributed by atoms with Crippen molar-refractivity contribution in [2.45, 2.75) is 32.2 Å². The minimum Gasteiger partial charge on any atom is -0.340 e. The van der Waals surface area contributed by atoms with Gasteiger partial charge < -0.3 is 9.47 Å². The molecule has 1 N–H and O–H groups in total. The SMILES string of the molecule is Cc1cn[nH]c1[C@H]1CCCN(C(=O)Cn2ccnc2)C1. The number of amides is 1. The van der Waals surface area contributed by atoms with Crippen molar-refractivity contribution >= 4 is 5.91 Å². The third kappa shape index (κ3) is 2.59. The highest BCUT2D eigenvalue weighted by Gasteiger charge is 2.26. The average Bonchev–Trinajstić information content (AvgIpc) is 3.10. The van der Waals surface area contributed by atoms with E-state index in [0.717, 1.165) is 25.9 Å². The highest BCUT2D eigenvalue weighted by molar-refractivity contribution is 5.76. The number of aryl methyl sites for hydroxylation is 1. The fourth-order valence-electron chi connectivity index (χ4n) is 2.85. The molecule has 1 atom stereocenters. The van der Waals surface area contributed by atoms with E-state index in [4.69, 9.17) is 0 Å². The average molecular weight is 273 g/mol. The van der Waals surface area contributed by atoms with Crippen LogP contribution in [0.15, 0.2) is 24.9 Å². The van der Waals surface area contributed by atoms with Gasteiger partial charge in [0.2, 0.25) is 5.91 Å². The summed E-state index contributed by atoms with van der Waals surface area (Å²) in [5.41, 5.74) is 2.35. The van der Waals surface area contributed by atoms with E-state index >= 15 is 0 Å². The zero-order valence-electron chi connectivity index (χ0n) is 11.6. The quantitative estimate of drug-likeness (QED) is 0.917. The molecular weight excluding hydrogens is 254 g/mol. The number of nitrogens with one attached hydrogen (secondary N) is 1. The lowest BCUT2D eigenvalue weighted by Gasteiger charge is -2.32. The normalized spacial score (nSPS) is 19.2. The molecule has 0 aliphatic carbocycles. The Morgan fingerprint density at radius 1 is 1.55 bits per heavy atom. The molecular formula is C14H19N5O. The molecule has 3 rings (SSSR count). The first kappa shape index (κ1) is 12.9. The van der Waals surface area contributed by atoms with Crippen LogP contribution in [0.2, 0.25) is 0 Å². The smallest absolute Gasteiger partial charge is 0.242 e. The van der Waals surface area contributed by atoms with Gasteiger partial charge in [-0.3, -0.25) is 9.89 Å². The van der Waals surface area contributed by atoms with Crippen LogP contribution in [0.4, 0.5) is 0 Å². The van der Waals surface area contributed by atoms with Crippen LogP contribution in [0.5, 0.6) is 0 Å². The molecule has 2 aromatic heterocycles. The van der Waals surface area contributed by atoms with Crippen molar-refractivity contribution in [3.05, 3.63) is 36.2 Å². The van der Waals surface area contributed by atoms with Crippen molar-refractivity contribution < 1.29 is 4.79 Å². The Hall–Kier alpha value is -2.11. The van der Waals surface area contributed by atoms with Crippen molar-refractivity contribution in [2.75, 3.05) is 13.1 Å². The Bertz CT molecular complexity index is 574. The topological polar surface area (TPSA) is 66.8 Å². The van der Waals surface area contributed by atoms with Gasteiger partial charge in [-0.2, -0.15) is 5.10 Å². The van der Waals surface area contributed by atoms with Gasteiger partial charge in [0, 0.05) is 37.1 Å². The number of aromatic nitrogens is 4. The Labute approximate surface area is 117 Å². The molecule has 1 aliphatic rings. The molecule has 0 saturated carbocycles. The highest BCUT2D eigenvalue weighted by Crippen LogP contribution is 2.27. The molecule has 3 heterocycles.